The van der Waals surface area contributed by atoms with E-state index in [1.54, 1.807) is 0 Å². The van der Waals surface area contributed by atoms with Crippen LogP contribution < -0.4 is 5.32 Å². The normalized spacial score (nSPS) is 17.2. The van der Waals surface area contributed by atoms with Crippen molar-refractivity contribution in [3.05, 3.63) is 0 Å². The molecule has 1 N–H and O–H groups in total. The molecule has 0 aliphatic heterocycles. The minimum Gasteiger partial charge on any atom is -0.468 e. The third-order valence-electron chi connectivity index (χ3n) is 2.83. The molecular formula is C13H25NO3. The average Bonchev–Trinajstić information content (AvgIpc) is 3.11. The molecule has 0 saturated heterocycles. The van der Waals surface area contributed by atoms with E-state index >= 15 is 0 Å². The fourth-order valence-electron chi connectivity index (χ4n) is 1.75. The number of hydrogen-bond acceptors (Lipinski definition) is 4. The van der Waals surface area contributed by atoms with E-state index in [0.29, 0.717) is 11.8 Å². The lowest BCUT2D eigenvalue weighted by atomic mass is 10.2. The molecule has 1 fully saturated rings. The Hall–Kier alpha value is -0.610. The van der Waals surface area contributed by atoms with Crippen LogP contribution in [0.4, 0.5) is 0 Å². The Morgan fingerprint density at radius 2 is 2.12 bits per heavy atom. The van der Waals surface area contributed by atoms with Crippen LogP contribution in [0.25, 0.3) is 0 Å². The molecule has 100 valence electrons. The lowest BCUT2D eigenvalue weighted by Gasteiger charge is -2.15. The first-order valence-electron chi connectivity index (χ1n) is 6.54. The smallest absolute Gasteiger partial charge is 0.323 e. The summed E-state index contributed by atoms with van der Waals surface area (Å²) in [6, 6.07) is -0.106. The fourth-order valence-corrected chi connectivity index (χ4v) is 1.75. The number of nitrogens with one attached hydrogen (secondary N) is 1. The number of methoxy groups -OCH3 is 1. The highest BCUT2D eigenvalue weighted by atomic mass is 16.5. The van der Waals surface area contributed by atoms with Crippen molar-refractivity contribution in [1.29, 1.82) is 0 Å². The van der Waals surface area contributed by atoms with Crippen LogP contribution in [0.3, 0.4) is 0 Å². The maximum atomic E-state index is 11.5. The van der Waals surface area contributed by atoms with Crippen molar-refractivity contribution in [2.24, 2.45) is 11.8 Å². The third kappa shape index (κ3) is 6.03. The van der Waals surface area contributed by atoms with Crippen molar-refractivity contribution in [3.63, 3.8) is 0 Å². The molecule has 0 spiro atoms. The first-order valence-corrected chi connectivity index (χ1v) is 6.54. The van der Waals surface area contributed by atoms with Gasteiger partial charge < -0.3 is 14.8 Å². The molecule has 1 saturated carbocycles. The molecule has 4 heteroatoms. The van der Waals surface area contributed by atoms with Gasteiger partial charge in [0.05, 0.1) is 7.11 Å². The summed E-state index contributed by atoms with van der Waals surface area (Å²) >= 11 is 0. The Kier molecular flexibility index (Phi) is 6.52. The van der Waals surface area contributed by atoms with Crippen molar-refractivity contribution < 1.29 is 14.3 Å². The molecule has 0 radical (unpaired) electrons. The Morgan fingerprint density at radius 1 is 1.41 bits per heavy atom. The van der Waals surface area contributed by atoms with Crippen LogP contribution in [0.15, 0.2) is 0 Å². The van der Waals surface area contributed by atoms with Gasteiger partial charge in [0.1, 0.15) is 6.04 Å². The number of esters is 1. The summed E-state index contributed by atoms with van der Waals surface area (Å²) in [5.41, 5.74) is 0. The number of carbonyl (C=O) groups is 1. The van der Waals surface area contributed by atoms with Gasteiger partial charge in [0.15, 0.2) is 0 Å². The number of carbonyl (C=O) groups excluding carboxylic acids is 1. The van der Waals surface area contributed by atoms with Gasteiger partial charge in [-0.3, -0.25) is 4.79 Å². The second-order valence-electron chi connectivity index (χ2n) is 5.11. The van der Waals surface area contributed by atoms with Crippen LogP contribution in [0.1, 0.15) is 33.1 Å². The molecule has 0 heterocycles. The predicted octanol–water partition coefficient (Wildman–Crippen LogP) is 1.59. The summed E-state index contributed by atoms with van der Waals surface area (Å²) in [7, 11) is 1.45. The third-order valence-corrected chi connectivity index (χ3v) is 2.83. The molecule has 0 aromatic rings. The van der Waals surface area contributed by atoms with Gasteiger partial charge in [0.2, 0.25) is 0 Å². The molecule has 0 amide bonds. The summed E-state index contributed by atoms with van der Waals surface area (Å²) < 4.78 is 10.3. The molecule has 0 aromatic heterocycles. The van der Waals surface area contributed by atoms with Crippen LogP contribution in [0.5, 0.6) is 0 Å². The molecule has 0 aromatic carbocycles. The van der Waals surface area contributed by atoms with Crippen molar-refractivity contribution in [2.75, 3.05) is 26.9 Å². The Morgan fingerprint density at radius 3 is 2.65 bits per heavy atom. The summed E-state index contributed by atoms with van der Waals surface area (Å²) in [4.78, 5) is 11.5. The van der Waals surface area contributed by atoms with Crippen molar-refractivity contribution in [2.45, 2.75) is 39.2 Å². The van der Waals surface area contributed by atoms with Crippen LogP contribution in [-0.2, 0) is 14.3 Å². The van der Waals surface area contributed by atoms with Crippen LogP contribution in [0.2, 0.25) is 0 Å². The standard InChI is InChI=1S/C13H25NO3/c1-10(2)9-17-8-4-7-14-12(11-5-6-11)13(15)16-3/h10-12,14H,4-9H2,1-3H3. The molecule has 4 nitrogen and oxygen atoms in total. The Labute approximate surface area is 104 Å². The van der Waals surface area contributed by atoms with Gasteiger partial charge in [-0.2, -0.15) is 0 Å². The van der Waals surface area contributed by atoms with E-state index in [-0.39, 0.29) is 12.0 Å². The summed E-state index contributed by atoms with van der Waals surface area (Å²) in [6.07, 6.45) is 3.21. The first kappa shape index (κ1) is 14.5. The minimum absolute atomic E-state index is 0.106. The molecule has 1 unspecified atom stereocenters. The van der Waals surface area contributed by atoms with Gasteiger partial charge >= 0.3 is 5.97 Å². The summed E-state index contributed by atoms with van der Waals surface area (Å²) in [5.74, 6) is 0.937. The highest BCUT2D eigenvalue weighted by Gasteiger charge is 2.36. The second-order valence-corrected chi connectivity index (χ2v) is 5.11. The van der Waals surface area contributed by atoms with Gasteiger partial charge in [-0.1, -0.05) is 13.8 Å². The van der Waals surface area contributed by atoms with Gasteiger partial charge in [-0.15, -0.1) is 0 Å². The van der Waals surface area contributed by atoms with Crippen molar-refractivity contribution in [3.8, 4) is 0 Å². The van der Waals surface area contributed by atoms with Crippen LogP contribution >= 0.6 is 0 Å². The van der Waals surface area contributed by atoms with Crippen LogP contribution in [-0.4, -0.2) is 38.9 Å². The van der Waals surface area contributed by atoms with Crippen molar-refractivity contribution >= 4 is 5.97 Å². The number of ether oxygens (including phenoxy) is 2. The molecule has 0 bridgehead atoms. The molecular weight excluding hydrogens is 218 g/mol. The highest BCUT2D eigenvalue weighted by molar-refractivity contribution is 5.76. The first-order chi connectivity index (χ1) is 8.15. The number of hydrogen-bond donors (Lipinski definition) is 1. The zero-order chi connectivity index (χ0) is 12.7. The van der Waals surface area contributed by atoms with Gasteiger partial charge in [0, 0.05) is 13.2 Å². The predicted molar refractivity (Wildman–Crippen MR) is 66.8 cm³/mol. The lowest BCUT2D eigenvalue weighted by Crippen LogP contribution is -2.40. The molecule has 1 rings (SSSR count). The van der Waals surface area contributed by atoms with E-state index < -0.39 is 0 Å². The van der Waals surface area contributed by atoms with Gasteiger partial charge in [-0.25, -0.2) is 0 Å². The van der Waals surface area contributed by atoms with Gasteiger partial charge in [-0.05, 0) is 37.6 Å². The monoisotopic (exact) mass is 243 g/mol. The van der Waals surface area contributed by atoms with E-state index in [0.717, 1.165) is 39.0 Å². The van der Waals surface area contributed by atoms with Crippen molar-refractivity contribution in [1.82, 2.24) is 5.32 Å². The quantitative estimate of drug-likeness (QED) is 0.493. The minimum atomic E-state index is -0.129. The topological polar surface area (TPSA) is 47.6 Å². The zero-order valence-electron chi connectivity index (χ0n) is 11.2. The van der Waals surface area contributed by atoms with E-state index in [1.807, 2.05) is 0 Å². The molecule has 1 atom stereocenters. The fraction of sp³-hybridized carbons (Fsp3) is 0.923. The zero-order valence-corrected chi connectivity index (χ0v) is 11.2. The molecule has 1 aliphatic rings. The van der Waals surface area contributed by atoms with E-state index in [4.69, 9.17) is 9.47 Å². The highest BCUT2D eigenvalue weighted by Crippen LogP contribution is 2.33. The van der Waals surface area contributed by atoms with E-state index in [2.05, 4.69) is 19.2 Å². The lowest BCUT2D eigenvalue weighted by molar-refractivity contribution is -0.143. The second kappa shape index (κ2) is 7.67. The van der Waals surface area contributed by atoms with Crippen LogP contribution in [0, 0.1) is 11.8 Å². The maximum absolute atomic E-state index is 11.5. The summed E-state index contributed by atoms with van der Waals surface area (Å²) in [6.45, 7) is 6.65. The molecule has 1 aliphatic carbocycles. The SMILES string of the molecule is COC(=O)C(NCCCOCC(C)C)C1CC1. The van der Waals surface area contributed by atoms with Gasteiger partial charge in [0.25, 0.3) is 0 Å². The molecule has 17 heavy (non-hydrogen) atoms. The Balaban J connectivity index is 2.05. The van der Waals surface area contributed by atoms with E-state index in [9.17, 15) is 4.79 Å². The summed E-state index contributed by atoms with van der Waals surface area (Å²) in [5, 5.41) is 3.27. The average molecular weight is 243 g/mol. The maximum Gasteiger partial charge on any atom is 0.323 e. The Bertz CT molecular complexity index is 227. The van der Waals surface area contributed by atoms with E-state index in [1.165, 1.54) is 7.11 Å². The number of rotatable bonds is 9. The largest absolute Gasteiger partial charge is 0.468 e.